The Morgan fingerprint density at radius 1 is 1.37 bits per heavy atom. The van der Waals surface area contributed by atoms with Gasteiger partial charge in [-0.25, -0.2) is 4.98 Å². The molecule has 1 aromatic rings. The maximum Gasteiger partial charge on any atom is 0.256 e. The van der Waals surface area contributed by atoms with E-state index in [4.69, 9.17) is 23.2 Å². The van der Waals surface area contributed by atoms with Gasteiger partial charge < -0.3 is 4.90 Å². The molecule has 19 heavy (non-hydrogen) atoms. The van der Waals surface area contributed by atoms with Gasteiger partial charge >= 0.3 is 0 Å². The molecule has 1 saturated heterocycles. The molecule has 1 fully saturated rings. The molecule has 0 radical (unpaired) electrons. The first-order valence-corrected chi connectivity index (χ1v) is 7.32. The summed E-state index contributed by atoms with van der Waals surface area (Å²) in [6.45, 7) is 6.05. The van der Waals surface area contributed by atoms with E-state index in [2.05, 4.69) is 18.8 Å². The summed E-state index contributed by atoms with van der Waals surface area (Å²) in [5, 5.41) is 0.486. The molecule has 0 unspecified atom stereocenters. The van der Waals surface area contributed by atoms with Crippen LogP contribution in [-0.2, 0) is 0 Å². The fourth-order valence-electron chi connectivity index (χ4n) is 2.35. The lowest BCUT2D eigenvalue weighted by Gasteiger charge is -2.39. The molecular weight excluding hydrogens is 283 g/mol. The molecule has 1 aliphatic heterocycles. The van der Waals surface area contributed by atoms with Crippen molar-refractivity contribution in [1.82, 2.24) is 9.88 Å². The van der Waals surface area contributed by atoms with Crippen molar-refractivity contribution in [3.8, 4) is 0 Å². The first-order valence-electron chi connectivity index (χ1n) is 6.56. The third kappa shape index (κ3) is 3.21. The predicted molar refractivity (Wildman–Crippen MR) is 77.8 cm³/mol. The molecule has 0 aromatic carbocycles. The van der Waals surface area contributed by atoms with E-state index in [9.17, 15) is 4.79 Å². The number of piperidine rings is 1. The van der Waals surface area contributed by atoms with E-state index in [1.165, 1.54) is 0 Å². The van der Waals surface area contributed by atoms with Crippen molar-refractivity contribution in [1.29, 1.82) is 0 Å². The van der Waals surface area contributed by atoms with Gasteiger partial charge in [0.15, 0.2) is 0 Å². The van der Waals surface area contributed by atoms with Crippen LogP contribution in [0.4, 0.5) is 0 Å². The number of halogens is 2. The van der Waals surface area contributed by atoms with E-state index in [1.54, 1.807) is 12.1 Å². The summed E-state index contributed by atoms with van der Waals surface area (Å²) >= 11 is 11.7. The van der Waals surface area contributed by atoms with Gasteiger partial charge in [-0.3, -0.25) is 4.79 Å². The van der Waals surface area contributed by atoms with Crippen molar-refractivity contribution in [2.24, 2.45) is 5.41 Å². The largest absolute Gasteiger partial charge is 0.339 e. The van der Waals surface area contributed by atoms with Gasteiger partial charge in [-0.2, -0.15) is 0 Å². The number of rotatable bonds is 2. The van der Waals surface area contributed by atoms with E-state index >= 15 is 0 Å². The Balaban J connectivity index is 2.09. The minimum absolute atomic E-state index is 0.0488. The lowest BCUT2D eigenvalue weighted by atomic mass is 9.78. The van der Waals surface area contributed by atoms with Gasteiger partial charge in [0.05, 0.1) is 5.56 Å². The van der Waals surface area contributed by atoms with Gasteiger partial charge in [0.2, 0.25) is 0 Å². The lowest BCUT2D eigenvalue weighted by molar-refractivity contribution is 0.0600. The van der Waals surface area contributed by atoms with Crippen LogP contribution in [0.1, 0.15) is 43.5 Å². The van der Waals surface area contributed by atoms with Crippen molar-refractivity contribution in [3.05, 3.63) is 28.0 Å². The highest BCUT2D eigenvalue weighted by Crippen LogP contribution is 2.34. The number of aromatic nitrogens is 1. The number of carbonyl (C=O) groups is 1. The molecule has 0 atom stereocenters. The molecule has 2 rings (SSSR count). The summed E-state index contributed by atoms with van der Waals surface area (Å²) in [4.78, 5) is 18.2. The van der Waals surface area contributed by atoms with Crippen LogP contribution in [0.3, 0.4) is 0 Å². The highest BCUT2D eigenvalue weighted by Gasteiger charge is 2.31. The smallest absolute Gasteiger partial charge is 0.256 e. The summed E-state index contributed by atoms with van der Waals surface area (Å²) in [5.41, 5.74) is 0.796. The number of hydrogen-bond acceptors (Lipinski definition) is 2. The molecule has 5 heteroatoms. The highest BCUT2D eigenvalue weighted by molar-refractivity contribution is 6.34. The van der Waals surface area contributed by atoms with E-state index in [0.717, 1.165) is 32.4 Å². The predicted octanol–water partition coefficient (Wildman–Crippen LogP) is 4.04. The number of likely N-dealkylation sites (tertiary alicyclic amines) is 1. The van der Waals surface area contributed by atoms with Crippen LogP contribution in [0.15, 0.2) is 12.1 Å². The van der Waals surface area contributed by atoms with Gasteiger partial charge in [-0.05, 0) is 30.4 Å². The monoisotopic (exact) mass is 300 g/mol. The molecule has 1 amide bonds. The van der Waals surface area contributed by atoms with Crippen LogP contribution < -0.4 is 0 Å². The third-order valence-electron chi connectivity index (χ3n) is 4.16. The number of amides is 1. The Kier molecular flexibility index (Phi) is 4.36. The van der Waals surface area contributed by atoms with Crippen LogP contribution in [0, 0.1) is 5.41 Å². The Morgan fingerprint density at radius 3 is 2.53 bits per heavy atom. The second kappa shape index (κ2) is 5.68. The molecule has 104 valence electrons. The van der Waals surface area contributed by atoms with Crippen molar-refractivity contribution in [2.45, 2.75) is 33.1 Å². The molecule has 0 aliphatic carbocycles. The summed E-state index contributed by atoms with van der Waals surface area (Å²) < 4.78 is 0. The van der Waals surface area contributed by atoms with Gasteiger partial charge in [-0.1, -0.05) is 43.5 Å². The molecule has 1 aliphatic rings. The summed E-state index contributed by atoms with van der Waals surface area (Å²) in [6, 6.07) is 3.24. The Bertz CT molecular complexity index is 482. The van der Waals surface area contributed by atoms with Crippen LogP contribution >= 0.6 is 23.2 Å². The summed E-state index contributed by atoms with van der Waals surface area (Å²) in [6.07, 6.45) is 3.22. The zero-order valence-electron chi connectivity index (χ0n) is 11.2. The summed E-state index contributed by atoms with van der Waals surface area (Å²) in [7, 11) is 0. The number of nitrogens with zero attached hydrogens (tertiary/aromatic N) is 2. The molecule has 0 saturated carbocycles. The van der Waals surface area contributed by atoms with Crippen molar-refractivity contribution < 1.29 is 4.79 Å². The van der Waals surface area contributed by atoms with E-state index in [1.807, 2.05) is 4.90 Å². The minimum atomic E-state index is -0.0488. The Labute approximate surface area is 123 Å². The van der Waals surface area contributed by atoms with Gasteiger partial charge in [-0.15, -0.1) is 0 Å². The van der Waals surface area contributed by atoms with E-state index < -0.39 is 0 Å². The van der Waals surface area contributed by atoms with Gasteiger partial charge in [0, 0.05) is 13.1 Å². The Hall–Kier alpha value is -0.800. The van der Waals surface area contributed by atoms with E-state index in [-0.39, 0.29) is 11.1 Å². The molecule has 0 bridgehead atoms. The standard InChI is InChI=1S/C14H18Cl2N2O/c1-3-14(2)6-8-18(9-7-14)13(19)10-4-5-11(15)17-12(10)16/h4-5H,3,6-9H2,1-2H3. The highest BCUT2D eigenvalue weighted by atomic mass is 35.5. The van der Waals surface area contributed by atoms with Crippen LogP contribution in [0.25, 0.3) is 0 Å². The van der Waals surface area contributed by atoms with Crippen LogP contribution in [0.5, 0.6) is 0 Å². The second-order valence-corrected chi connectivity index (χ2v) is 6.17. The zero-order valence-corrected chi connectivity index (χ0v) is 12.8. The molecule has 1 aromatic heterocycles. The van der Waals surface area contributed by atoms with Crippen molar-refractivity contribution in [3.63, 3.8) is 0 Å². The minimum Gasteiger partial charge on any atom is -0.339 e. The van der Waals surface area contributed by atoms with Crippen molar-refractivity contribution >= 4 is 29.1 Å². The first kappa shape index (κ1) is 14.6. The van der Waals surface area contributed by atoms with Crippen molar-refractivity contribution in [2.75, 3.05) is 13.1 Å². The van der Waals surface area contributed by atoms with Gasteiger partial charge in [0.25, 0.3) is 5.91 Å². The SMILES string of the molecule is CCC1(C)CCN(C(=O)c2ccc(Cl)nc2Cl)CC1. The lowest BCUT2D eigenvalue weighted by Crippen LogP contribution is -2.42. The number of carbonyl (C=O) groups excluding carboxylic acids is 1. The topological polar surface area (TPSA) is 33.2 Å². The second-order valence-electron chi connectivity index (χ2n) is 5.43. The fourth-order valence-corrected chi connectivity index (χ4v) is 2.77. The maximum atomic E-state index is 12.4. The molecule has 2 heterocycles. The zero-order chi connectivity index (χ0) is 14.0. The van der Waals surface area contributed by atoms with Crippen LogP contribution in [0.2, 0.25) is 10.3 Å². The number of hydrogen-bond donors (Lipinski definition) is 0. The molecular formula is C14H18Cl2N2O. The quantitative estimate of drug-likeness (QED) is 0.772. The first-order chi connectivity index (χ1) is 8.95. The molecule has 0 N–H and O–H groups in total. The average Bonchev–Trinajstić information content (AvgIpc) is 2.39. The normalized spacial score (nSPS) is 18.4. The van der Waals surface area contributed by atoms with Crippen LogP contribution in [-0.4, -0.2) is 28.9 Å². The fraction of sp³-hybridized carbons (Fsp3) is 0.571. The average molecular weight is 301 g/mol. The third-order valence-corrected chi connectivity index (χ3v) is 4.66. The van der Waals surface area contributed by atoms with E-state index in [0.29, 0.717) is 16.1 Å². The number of pyridine rings is 1. The summed E-state index contributed by atoms with van der Waals surface area (Å²) in [5.74, 6) is -0.0488. The Morgan fingerprint density at radius 2 is 2.00 bits per heavy atom. The molecule has 0 spiro atoms. The maximum absolute atomic E-state index is 12.4. The van der Waals surface area contributed by atoms with Gasteiger partial charge in [0.1, 0.15) is 10.3 Å². The molecule has 3 nitrogen and oxygen atoms in total.